The average molecular weight is 263 g/mol. The minimum atomic E-state index is -0.459. The smallest absolute Gasteiger partial charge is 0.287 e. The highest BCUT2D eigenvalue weighted by Gasteiger charge is 2.14. The van der Waals surface area contributed by atoms with Crippen molar-refractivity contribution in [2.24, 2.45) is 0 Å². The molecule has 0 radical (unpaired) electrons. The van der Waals surface area contributed by atoms with Crippen molar-refractivity contribution in [1.82, 2.24) is 5.32 Å². The number of hydrogen-bond acceptors (Lipinski definition) is 3. The summed E-state index contributed by atoms with van der Waals surface area (Å²) >= 11 is 0. The van der Waals surface area contributed by atoms with Crippen LogP contribution in [0, 0.1) is 5.82 Å². The van der Waals surface area contributed by atoms with Crippen LogP contribution in [0.2, 0.25) is 0 Å². The maximum atomic E-state index is 13.6. The molecule has 0 spiro atoms. The van der Waals surface area contributed by atoms with Gasteiger partial charge < -0.3 is 14.5 Å². The molecule has 0 bridgehead atoms. The Balaban J connectivity index is 2.09. The Bertz CT molecular complexity index is 566. The summed E-state index contributed by atoms with van der Waals surface area (Å²) in [6, 6.07) is 7.43. The van der Waals surface area contributed by atoms with E-state index in [1.165, 1.54) is 25.5 Å². The largest absolute Gasteiger partial charge is 0.494 e. The van der Waals surface area contributed by atoms with Gasteiger partial charge in [-0.2, -0.15) is 0 Å². The summed E-state index contributed by atoms with van der Waals surface area (Å²) in [6.45, 7) is 1.77. The van der Waals surface area contributed by atoms with Crippen LogP contribution in [0.15, 0.2) is 41.0 Å². The van der Waals surface area contributed by atoms with Gasteiger partial charge in [0.1, 0.15) is 0 Å². The molecule has 0 aliphatic heterocycles. The molecule has 4 nitrogen and oxygen atoms in total. The Morgan fingerprint density at radius 2 is 2.21 bits per heavy atom. The van der Waals surface area contributed by atoms with E-state index in [1.807, 2.05) is 0 Å². The maximum absolute atomic E-state index is 13.6. The van der Waals surface area contributed by atoms with Crippen LogP contribution in [0.3, 0.4) is 0 Å². The van der Waals surface area contributed by atoms with E-state index < -0.39 is 5.82 Å². The van der Waals surface area contributed by atoms with Gasteiger partial charge in [-0.1, -0.05) is 6.07 Å². The normalized spacial score (nSPS) is 11.9. The van der Waals surface area contributed by atoms with Crippen molar-refractivity contribution in [3.05, 3.63) is 53.7 Å². The number of nitrogens with one attached hydrogen (secondary N) is 1. The topological polar surface area (TPSA) is 51.5 Å². The van der Waals surface area contributed by atoms with Gasteiger partial charge >= 0.3 is 0 Å². The summed E-state index contributed by atoms with van der Waals surface area (Å²) in [5.41, 5.74) is 0.651. The molecule has 1 atom stereocenters. The lowest BCUT2D eigenvalue weighted by molar-refractivity contribution is 0.0912. The zero-order valence-corrected chi connectivity index (χ0v) is 10.6. The zero-order chi connectivity index (χ0) is 13.8. The fraction of sp³-hybridized carbons (Fsp3) is 0.214. The number of amides is 1. The van der Waals surface area contributed by atoms with Crippen LogP contribution in [-0.4, -0.2) is 13.0 Å². The van der Waals surface area contributed by atoms with Crippen molar-refractivity contribution >= 4 is 5.91 Å². The van der Waals surface area contributed by atoms with Gasteiger partial charge in [0.2, 0.25) is 0 Å². The van der Waals surface area contributed by atoms with Crippen molar-refractivity contribution < 1.29 is 18.3 Å². The molecule has 0 unspecified atom stereocenters. The third-order valence-electron chi connectivity index (χ3n) is 2.77. The molecule has 2 aromatic rings. The van der Waals surface area contributed by atoms with Gasteiger partial charge in [0, 0.05) is 0 Å². The van der Waals surface area contributed by atoms with Gasteiger partial charge in [0.05, 0.1) is 19.4 Å². The lowest BCUT2D eigenvalue weighted by atomic mass is 10.1. The second kappa shape index (κ2) is 5.56. The standard InChI is InChI=1S/C14H14FNO3/c1-9(16-14(17)13-4-3-7-19-13)10-5-6-12(18-2)11(15)8-10/h3-9H,1-2H3,(H,16,17)/t9-/m0/s1. The van der Waals surface area contributed by atoms with E-state index in [1.54, 1.807) is 25.1 Å². The van der Waals surface area contributed by atoms with E-state index in [-0.39, 0.29) is 23.5 Å². The number of carbonyl (C=O) groups excluding carboxylic acids is 1. The molecule has 0 saturated heterocycles. The number of furan rings is 1. The van der Waals surface area contributed by atoms with Crippen molar-refractivity contribution in [2.45, 2.75) is 13.0 Å². The minimum absolute atomic E-state index is 0.174. The number of hydrogen-bond donors (Lipinski definition) is 1. The summed E-state index contributed by atoms with van der Waals surface area (Å²) in [5, 5.41) is 2.72. The monoisotopic (exact) mass is 263 g/mol. The quantitative estimate of drug-likeness (QED) is 0.922. The number of methoxy groups -OCH3 is 1. The number of halogens is 1. The maximum Gasteiger partial charge on any atom is 0.287 e. The Morgan fingerprint density at radius 1 is 1.42 bits per heavy atom. The molecule has 0 aliphatic rings. The Hall–Kier alpha value is -2.30. The fourth-order valence-corrected chi connectivity index (χ4v) is 1.71. The number of rotatable bonds is 4. The highest BCUT2D eigenvalue weighted by Crippen LogP contribution is 2.21. The molecule has 2 rings (SSSR count). The van der Waals surface area contributed by atoms with Crippen LogP contribution in [0.25, 0.3) is 0 Å². The van der Waals surface area contributed by atoms with Gasteiger partial charge in [-0.25, -0.2) is 4.39 Å². The van der Waals surface area contributed by atoms with Gasteiger partial charge in [0.15, 0.2) is 17.3 Å². The van der Waals surface area contributed by atoms with Crippen molar-refractivity contribution in [3.8, 4) is 5.75 Å². The lowest BCUT2D eigenvalue weighted by Gasteiger charge is -2.14. The summed E-state index contributed by atoms with van der Waals surface area (Å²) in [4.78, 5) is 11.8. The van der Waals surface area contributed by atoms with Crippen LogP contribution < -0.4 is 10.1 Å². The second-order valence-corrected chi connectivity index (χ2v) is 4.07. The summed E-state index contributed by atoms with van der Waals surface area (Å²) < 4.78 is 23.4. The number of ether oxygens (including phenoxy) is 1. The number of benzene rings is 1. The van der Waals surface area contributed by atoms with Crippen molar-refractivity contribution in [1.29, 1.82) is 0 Å². The first-order chi connectivity index (χ1) is 9.11. The van der Waals surface area contributed by atoms with Crippen LogP contribution >= 0.6 is 0 Å². The van der Waals surface area contributed by atoms with Crippen LogP contribution in [0.1, 0.15) is 29.1 Å². The molecule has 1 amide bonds. The molecule has 5 heteroatoms. The predicted molar refractivity (Wildman–Crippen MR) is 67.5 cm³/mol. The van der Waals surface area contributed by atoms with E-state index in [0.717, 1.165) is 0 Å². The molecular weight excluding hydrogens is 249 g/mol. The molecule has 1 N–H and O–H groups in total. The predicted octanol–water partition coefficient (Wildman–Crippen LogP) is 2.92. The van der Waals surface area contributed by atoms with E-state index in [9.17, 15) is 9.18 Å². The van der Waals surface area contributed by atoms with Crippen molar-refractivity contribution in [3.63, 3.8) is 0 Å². The first kappa shape index (κ1) is 13.1. The molecule has 1 heterocycles. The van der Waals surface area contributed by atoms with E-state index in [2.05, 4.69) is 5.32 Å². The summed E-state index contributed by atoms with van der Waals surface area (Å²) in [6.07, 6.45) is 1.42. The SMILES string of the molecule is COc1ccc([C@H](C)NC(=O)c2ccco2)cc1F. The highest BCUT2D eigenvalue weighted by molar-refractivity contribution is 5.91. The molecule has 100 valence electrons. The molecule has 19 heavy (non-hydrogen) atoms. The Kier molecular flexibility index (Phi) is 3.85. The van der Waals surface area contributed by atoms with Gasteiger partial charge in [-0.15, -0.1) is 0 Å². The molecule has 0 fully saturated rings. The molecule has 0 saturated carbocycles. The third kappa shape index (κ3) is 2.93. The third-order valence-corrected chi connectivity index (χ3v) is 2.77. The fourth-order valence-electron chi connectivity index (χ4n) is 1.71. The van der Waals surface area contributed by atoms with E-state index in [0.29, 0.717) is 5.56 Å². The first-order valence-corrected chi connectivity index (χ1v) is 5.79. The molecular formula is C14H14FNO3. The van der Waals surface area contributed by atoms with Crippen LogP contribution in [0.5, 0.6) is 5.75 Å². The molecule has 0 aliphatic carbocycles. The van der Waals surface area contributed by atoms with Gasteiger partial charge in [0.25, 0.3) is 5.91 Å². The van der Waals surface area contributed by atoms with Gasteiger partial charge in [-0.3, -0.25) is 4.79 Å². The Labute approximate surface area is 110 Å². The van der Waals surface area contributed by atoms with Gasteiger partial charge in [-0.05, 0) is 36.8 Å². The molecule has 1 aromatic carbocycles. The summed E-state index contributed by atoms with van der Waals surface area (Å²) in [5.74, 6) is -0.401. The zero-order valence-electron chi connectivity index (χ0n) is 10.6. The van der Waals surface area contributed by atoms with Crippen LogP contribution in [0.4, 0.5) is 4.39 Å². The van der Waals surface area contributed by atoms with E-state index >= 15 is 0 Å². The minimum Gasteiger partial charge on any atom is -0.494 e. The first-order valence-electron chi connectivity index (χ1n) is 5.79. The summed E-state index contributed by atoms with van der Waals surface area (Å²) in [7, 11) is 1.40. The van der Waals surface area contributed by atoms with Crippen molar-refractivity contribution in [2.75, 3.05) is 7.11 Å². The number of carbonyl (C=O) groups is 1. The molecule has 1 aromatic heterocycles. The Morgan fingerprint density at radius 3 is 2.79 bits per heavy atom. The second-order valence-electron chi connectivity index (χ2n) is 4.07. The average Bonchev–Trinajstić information content (AvgIpc) is 2.92. The lowest BCUT2D eigenvalue weighted by Crippen LogP contribution is -2.26. The highest BCUT2D eigenvalue weighted by atomic mass is 19.1. The van der Waals surface area contributed by atoms with E-state index in [4.69, 9.17) is 9.15 Å². The van der Waals surface area contributed by atoms with Crippen LogP contribution in [-0.2, 0) is 0 Å².